The fraction of sp³-hybridized carbons (Fsp3) is 0.429. The SMILES string of the molecule is C=CCC(C)Nc1ncns1. The highest BCUT2D eigenvalue weighted by Gasteiger charge is 2.00. The topological polar surface area (TPSA) is 37.8 Å². The van der Waals surface area contributed by atoms with Crippen LogP contribution in [0.25, 0.3) is 0 Å². The highest BCUT2D eigenvalue weighted by molar-refractivity contribution is 7.09. The maximum absolute atomic E-state index is 4.00. The molecule has 0 saturated heterocycles. The first-order valence-corrected chi connectivity index (χ1v) is 4.24. The van der Waals surface area contributed by atoms with Gasteiger partial charge in [-0.25, -0.2) is 4.98 Å². The van der Waals surface area contributed by atoms with Crippen molar-refractivity contribution in [3.05, 3.63) is 19.0 Å². The van der Waals surface area contributed by atoms with E-state index in [1.807, 2.05) is 6.08 Å². The molecule has 0 aromatic carbocycles. The van der Waals surface area contributed by atoms with Crippen LogP contribution in [0.4, 0.5) is 5.13 Å². The molecular weight excluding hydrogens is 158 g/mol. The van der Waals surface area contributed by atoms with Crippen LogP contribution in [0.1, 0.15) is 13.3 Å². The summed E-state index contributed by atoms with van der Waals surface area (Å²) in [6.45, 7) is 5.74. The maximum Gasteiger partial charge on any atom is 0.202 e. The van der Waals surface area contributed by atoms with Crippen LogP contribution in [0.15, 0.2) is 19.0 Å². The van der Waals surface area contributed by atoms with Crippen molar-refractivity contribution in [2.24, 2.45) is 0 Å². The molecule has 1 atom stereocenters. The molecule has 11 heavy (non-hydrogen) atoms. The van der Waals surface area contributed by atoms with Crippen molar-refractivity contribution < 1.29 is 0 Å². The van der Waals surface area contributed by atoms with Crippen molar-refractivity contribution in [2.75, 3.05) is 5.32 Å². The lowest BCUT2D eigenvalue weighted by Gasteiger charge is -2.08. The van der Waals surface area contributed by atoms with Crippen LogP contribution in [0, 0.1) is 0 Å². The predicted molar refractivity (Wildman–Crippen MR) is 47.8 cm³/mol. The Morgan fingerprint density at radius 3 is 3.27 bits per heavy atom. The standard InChI is InChI=1S/C7H11N3S/c1-3-4-6(2)10-7-8-5-9-11-7/h3,5-6H,1,4H2,2H3,(H,8,9,10). The van der Waals surface area contributed by atoms with Gasteiger partial charge >= 0.3 is 0 Å². The number of hydrogen-bond acceptors (Lipinski definition) is 4. The van der Waals surface area contributed by atoms with Crippen molar-refractivity contribution >= 4 is 16.7 Å². The first kappa shape index (κ1) is 8.20. The van der Waals surface area contributed by atoms with Gasteiger partial charge in [-0.1, -0.05) is 6.08 Å². The summed E-state index contributed by atoms with van der Waals surface area (Å²) < 4.78 is 3.88. The van der Waals surface area contributed by atoms with Crippen LogP contribution >= 0.6 is 11.5 Å². The Morgan fingerprint density at radius 1 is 1.91 bits per heavy atom. The Kier molecular flexibility index (Phi) is 3.04. The Bertz CT molecular complexity index is 207. The average molecular weight is 169 g/mol. The van der Waals surface area contributed by atoms with Crippen molar-refractivity contribution in [2.45, 2.75) is 19.4 Å². The first-order valence-electron chi connectivity index (χ1n) is 3.47. The van der Waals surface area contributed by atoms with E-state index in [-0.39, 0.29) is 0 Å². The normalized spacial score (nSPS) is 12.5. The third-order valence-electron chi connectivity index (χ3n) is 1.25. The molecule has 1 unspecified atom stereocenters. The summed E-state index contributed by atoms with van der Waals surface area (Å²) in [6, 6.07) is 0.389. The zero-order valence-corrected chi connectivity index (χ0v) is 7.27. The molecule has 0 aliphatic rings. The fourth-order valence-corrected chi connectivity index (χ4v) is 1.30. The van der Waals surface area contributed by atoms with Gasteiger partial charge in [-0.15, -0.1) is 6.58 Å². The zero-order valence-electron chi connectivity index (χ0n) is 6.45. The largest absolute Gasteiger partial charge is 0.358 e. The molecular formula is C7H11N3S. The minimum atomic E-state index is 0.389. The van der Waals surface area contributed by atoms with E-state index in [4.69, 9.17) is 0 Å². The van der Waals surface area contributed by atoms with Crippen LogP contribution in [-0.4, -0.2) is 15.4 Å². The lowest BCUT2D eigenvalue weighted by molar-refractivity contribution is 0.812. The van der Waals surface area contributed by atoms with Gasteiger partial charge in [0.15, 0.2) is 0 Å². The minimum absolute atomic E-state index is 0.389. The predicted octanol–water partition coefficient (Wildman–Crippen LogP) is 1.91. The number of nitrogens with zero attached hydrogens (tertiary/aromatic N) is 2. The van der Waals surface area contributed by atoms with Gasteiger partial charge in [-0.2, -0.15) is 4.37 Å². The summed E-state index contributed by atoms with van der Waals surface area (Å²) in [6.07, 6.45) is 4.38. The monoisotopic (exact) mass is 169 g/mol. The smallest absolute Gasteiger partial charge is 0.202 e. The third kappa shape index (κ3) is 2.67. The molecule has 0 aliphatic heterocycles. The van der Waals surface area contributed by atoms with Crippen LogP contribution in [0.5, 0.6) is 0 Å². The number of aromatic nitrogens is 2. The first-order chi connectivity index (χ1) is 5.33. The van der Waals surface area contributed by atoms with E-state index in [0.717, 1.165) is 11.6 Å². The molecule has 3 nitrogen and oxygen atoms in total. The highest BCUT2D eigenvalue weighted by Crippen LogP contribution is 2.09. The summed E-state index contributed by atoms with van der Waals surface area (Å²) >= 11 is 1.37. The third-order valence-corrected chi connectivity index (χ3v) is 1.85. The van der Waals surface area contributed by atoms with Gasteiger partial charge in [-0.3, -0.25) is 0 Å². The van der Waals surface area contributed by atoms with E-state index in [0.29, 0.717) is 6.04 Å². The van der Waals surface area contributed by atoms with Crippen LogP contribution < -0.4 is 5.32 Å². The van der Waals surface area contributed by atoms with E-state index in [2.05, 4.69) is 28.2 Å². The summed E-state index contributed by atoms with van der Waals surface area (Å²) in [5.41, 5.74) is 0. The van der Waals surface area contributed by atoms with E-state index >= 15 is 0 Å². The minimum Gasteiger partial charge on any atom is -0.358 e. The highest BCUT2D eigenvalue weighted by atomic mass is 32.1. The van der Waals surface area contributed by atoms with Gasteiger partial charge in [0.25, 0.3) is 0 Å². The zero-order chi connectivity index (χ0) is 8.10. The fourth-order valence-electron chi connectivity index (χ4n) is 0.756. The van der Waals surface area contributed by atoms with E-state index in [1.54, 1.807) is 6.33 Å². The van der Waals surface area contributed by atoms with Crippen molar-refractivity contribution in [3.63, 3.8) is 0 Å². The summed E-state index contributed by atoms with van der Waals surface area (Å²) in [5.74, 6) is 0. The van der Waals surface area contributed by atoms with Crippen molar-refractivity contribution in [3.8, 4) is 0 Å². The van der Waals surface area contributed by atoms with Gasteiger partial charge < -0.3 is 5.32 Å². The molecule has 60 valence electrons. The average Bonchev–Trinajstić information content (AvgIpc) is 2.40. The molecule has 0 saturated carbocycles. The Morgan fingerprint density at radius 2 is 2.73 bits per heavy atom. The van der Waals surface area contributed by atoms with Crippen LogP contribution in [0.3, 0.4) is 0 Å². The molecule has 0 amide bonds. The molecule has 1 heterocycles. The lowest BCUT2D eigenvalue weighted by Crippen LogP contribution is -2.13. The second kappa shape index (κ2) is 4.08. The van der Waals surface area contributed by atoms with Crippen LogP contribution in [-0.2, 0) is 0 Å². The van der Waals surface area contributed by atoms with Gasteiger partial charge in [-0.05, 0) is 13.3 Å². The number of hydrogen-bond donors (Lipinski definition) is 1. The second-order valence-electron chi connectivity index (χ2n) is 2.32. The van der Waals surface area contributed by atoms with E-state index < -0.39 is 0 Å². The van der Waals surface area contributed by atoms with Crippen LogP contribution in [0.2, 0.25) is 0 Å². The quantitative estimate of drug-likeness (QED) is 0.700. The maximum atomic E-state index is 4.00. The Balaban J connectivity index is 2.37. The molecule has 0 aliphatic carbocycles. The number of rotatable bonds is 4. The molecule has 1 aromatic heterocycles. The van der Waals surface area contributed by atoms with E-state index in [9.17, 15) is 0 Å². The number of nitrogens with one attached hydrogen (secondary N) is 1. The summed E-state index contributed by atoms with van der Waals surface area (Å²) in [5, 5.41) is 4.07. The molecule has 0 bridgehead atoms. The van der Waals surface area contributed by atoms with Gasteiger partial charge in [0, 0.05) is 17.6 Å². The molecule has 4 heteroatoms. The Hall–Kier alpha value is -0.900. The summed E-state index contributed by atoms with van der Waals surface area (Å²) in [4.78, 5) is 4.00. The molecule has 1 N–H and O–H groups in total. The van der Waals surface area contributed by atoms with Crippen molar-refractivity contribution in [1.29, 1.82) is 0 Å². The van der Waals surface area contributed by atoms with E-state index in [1.165, 1.54) is 11.5 Å². The molecule has 1 aromatic rings. The second-order valence-corrected chi connectivity index (χ2v) is 3.10. The Labute approximate surface area is 70.3 Å². The molecule has 0 radical (unpaired) electrons. The molecule has 0 spiro atoms. The van der Waals surface area contributed by atoms with Gasteiger partial charge in [0.2, 0.25) is 5.13 Å². The number of anilines is 1. The summed E-state index contributed by atoms with van der Waals surface area (Å²) in [7, 11) is 0. The lowest BCUT2D eigenvalue weighted by atomic mass is 10.2. The van der Waals surface area contributed by atoms with Gasteiger partial charge in [0.05, 0.1) is 0 Å². The molecule has 0 fully saturated rings. The van der Waals surface area contributed by atoms with Crippen molar-refractivity contribution in [1.82, 2.24) is 9.36 Å². The van der Waals surface area contributed by atoms with Gasteiger partial charge in [0.1, 0.15) is 6.33 Å². The molecule has 1 rings (SSSR count).